The number of rotatable bonds is 1. The van der Waals surface area contributed by atoms with Gasteiger partial charge in [-0.2, -0.15) is 0 Å². The molecule has 144 valence electrons. The van der Waals surface area contributed by atoms with Crippen LogP contribution in [0.15, 0.2) is 41.5 Å². The number of ketones is 4. The van der Waals surface area contributed by atoms with Crippen molar-refractivity contribution in [1.82, 2.24) is 0 Å². The fraction of sp³-hybridized carbons (Fsp3) is 0.0909. The maximum atomic E-state index is 13.0. The molecule has 7 heteroatoms. The van der Waals surface area contributed by atoms with Crippen LogP contribution in [-0.2, 0) is 4.79 Å². The summed E-state index contributed by atoms with van der Waals surface area (Å²) in [5.74, 6) is -5.40. The Hall–Kier alpha value is -4.00. The van der Waals surface area contributed by atoms with Crippen molar-refractivity contribution in [3.05, 3.63) is 74.9 Å². The molecule has 0 radical (unpaired) electrons. The first-order valence-electron chi connectivity index (χ1n) is 8.62. The highest BCUT2D eigenvalue weighted by Crippen LogP contribution is 2.40. The van der Waals surface area contributed by atoms with Gasteiger partial charge in [0, 0.05) is 16.7 Å². The molecular weight excluding hydrogens is 376 g/mol. The zero-order valence-corrected chi connectivity index (χ0v) is 15.4. The van der Waals surface area contributed by atoms with Gasteiger partial charge in [-0.25, -0.2) is 0 Å². The third-order valence-electron chi connectivity index (χ3n) is 4.96. The predicted octanol–water partition coefficient (Wildman–Crippen LogP) is 2.75. The normalized spacial score (nSPS) is 16.0. The van der Waals surface area contributed by atoms with Crippen molar-refractivity contribution in [2.45, 2.75) is 13.8 Å². The Kier molecular flexibility index (Phi) is 3.80. The van der Waals surface area contributed by atoms with Gasteiger partial charge < -0.3 is 15.3 Å². The van der Waals surface area contributed by atoms with Crippen LogP contribution in [0.1, 0.15) is 47.8 Å². The number of hydrogen-bond acceptors (Lipinski definition) is 7. The number of aryl methyl sites for hydroxylation is 2. The van der Waals surface area contributed by atoms with Crippen LogP contribution in [-0.4, -0.2) is 38.5 Å². The second-order valence-corrected chi connectivity index (χ2v) is 7.05. The largest absolute Gasteiger partial charge is 0.507 e. The molecule has 3 N–H and O–H groups in total. The van der Waals surface area contributed by atoms with Gasteiger partial charge in [0.1, 0.15) is 17.3 Å². The minimum absolute atomic E-state index is 0.0372. The maximum Gasteiger partial charge on any atom is 0.238 e. The molecule has 7 nitrogen and oxygen atoms in total. The second-order valence-electron chi connectivity index (χ2n) is 7.05. The highest BCUT2D eigenvalue weighted by atomic mass is 16.3. The van der Waals surface area contributed by atoms with Crippen LogP contribution in [0.25, 0.3) is 5.76 Å². The number of phenols is 2. The third-order valence-corrected chi connectivity index (χ3v) is 4.96. The number of aromatic hydroxyl groups is 2. The Morgan fingerprint density at radius 1 is 0.655 bits per heavy atom. The van der Waals surface area contributed by atoms with E-state index in [1.165, 1.54) is 24.3 Å². The molecule has 29 heavy (non-hydrogen) atoms. The van der Waals surface area contributed by atoms with Crippen molar-refractivity contribution in [3.63, 3.8) is 0 Å². The first-order chi connectivity index (χ1) is 13.6. The van der Waals surface area contributed by atoms with E-state index in [1.807, 2.05) is 0 Å². The van der Waals surface area contributed by atoms with Crippen molar-refractivity contribution >= 4 is 28.9 Å². The van der Waals surface area contributed by atoms with Crippen LogP contribution < -0.4 is 0 Å². The predicted molar refractivity (Wildman–Crippen MR) is 101 cm³/mol. The van der Waals surface area contributed by atoms with Crippen molar-refractivity contribution in [2.75, 3.05) is 0 Å². The minimum atomic E-state index is -1.18. The van der Waals surface area contributed by atoms with Crippen molar-refractivity contribution in [3.8, 4) is 11.5 Å². The lowest BCUT2D eigenvalue weighted by atomic mass is 9.78. The highest BCUT2D eigenvalue weighted by molar-refractivity contribution is 6.55. The van der Waals surface area contributed by atoms with Crippen LogP contribution in [0.3, 0.4) is 0 Å². The number of Topliss-reactive ketones (excluding diaryl/α,β-unsaturated/α-hetero) is 3. The van der Waals surface area contributed by atoms with Crippen molar-refractivity contribution < 1.29 is 34.5 Å². The molecule has 0 aromatic heterocycles. The molecule has 0 saturated heterocycles. The van der Waals surface area contributed by atoms with E-state index in [2.05, 4.69) is 0 Å². The lowest BCUT2D eigenvalue weighted by molar-refractivity contribution is -0.111. The lowest BCUT2D eigenvalue weighted by Gasteiger charge is -2.23. The quantitative estimate of drug-likeness (QED) is 0.639. The molecule has 2 aromatic rings. The van der Waals surface area contributed by atoms with Gasteiger partial charge >= 0.3 is 0 Å². The number of aliphatic hydroxyl groups excluding tert-OH is 1. The Morgan fingerprint density at radius 2 is 1.21 bits per heavy atom. The fourth-order valence-corrected chi connectivity index (χ4v) is 3.71. The average molecular weight is 390 g/mol. The molecule has 0 unspecified atom stereocenters. The van der Waals surface area contributed by atoms with E-state index < -0.39 is 51.5 Å². The summed E-state index contributed by atoms with van der Waals surface area (Å²) in [5, 5.41) is 31.1. The summed E-state index contributed by atoms with van der Waals surface area (Å²) >= 11 is 0. The van der Waals surface area contributed by atoms with Crippen LogP contribution in [0.2, 0.25) is 0 Å². The van der Waals surface area contributed by atoms with Gasteiger partial charge in [0.15, 0.2) is 11.6 Å². The molecule has 0 amide bonds. The summed E-state index contributed by atoms with van der Waals surface area (Å²) in [6.45, 7) is 3.23. The first-order valence-corrected chi connectivity index (χ1v) is 8.62. The first kappa shape index (κ1) is 18.4. The lowest BCUT2D eigenvalue weighted by Crippen LogP contribution is -2.29. The van der Waals surface area contributed by atoms with Crippen LogP contribution in [0, 0.1) is 13.8 Å². The van der Waals surface area contributed by atoms with Crippen LogP contribution in [0.5, 0.6) is 11.5 Å². The zero-order chi connectivity index (χ0) is 21.2. The minimum Gasteiger partial charge on any atom is -0.507 e. The zero-order valence-electron chi connectivity index (χ0n) is 15.4. The topological polar surface area (TPSA) is 129 Å². The average Bonchev–Trinajstić information content (AvgIpc) is 2.62. The van der Waals surface area contributed by atoms with Crippen LogP contribution >= 0.6 is 0 Å². The number of carbonyl (C=O) groups is 4. The summed E-state index contributed by atoms with van der Waals surface area (Å²) in [5.41, 5.74) is -0.954. The Balaban J connectivity index is 1.99. The number of phenolic OH excluding ortho intramolecular Hbond substituents is 2. The Morgan fingerprint density at radius 3 is 1.83 bits per heavy atom. The van der Waals surface area contributed by atoms with E-state index in [0.717, 1.165) is 6.08 Å². The van der Waals surface area contributed by atoms with E-state index in [0.29, 0.717) is 11.1 Å². The van der Waals surface area contributed by atoms with E-state index >= 15 is 0 Å². The van der Waals surface area contributed by atoms with Gasteiger partial charge in [-0.05, 0) is 55.3 Å². The second kappa shape index (κ2) is 6.00. The number of fused-ring (bicyclic) bond motifs is 2. The Labute approximate surface area is 164 Å². The van der Waals surface area contributed by atoms with Gasteiger partial charge in [0.05, 0.1) is 16.7 Å². The molecule has 0 atom stereocenters. The van der Waals surface area contributed by atoms with Gasteiger partial charge in [-0.1, -0.05) is 0 Å². The highest BCUT2D eigenvalue weighted by Gasteiger charge is 2.41. The molecule has 4 rings (SSSR count). The van der Waals surface area contributed by atoms with Crippen molar-refractivity contribution in [2.24, 2.45) is 0 Å². The van der Waals surface area contributed by atoms with E-state index in [4.69, 9.17) is 0 Å². The standard InChI is InChI=1S/C22H14O7/c1-8-3-10-13(23)7-12(19(26)16(10)14(24)5-8)18-21(28)17-11(20(27)22(18)29)4-9(2)6-15(17)25/h3-7,24-25,28H,1-2H3. The van der Waals surface area contributed by atoms with E-state index in [-0.39, 0.29) is 22.3 Å². The van der Waals surface area contributed by atoms with E-state index in [1.54, 1.807) is 13.8 Å². The van der Waals surface area contributed by atoms with E-state index in [9.17, 15) is 34.5 Å². The SMILES string of the molecule is Cc1cc(O)c2c(c1)C(=O)C=C(C1=C(O)c3c(O)cc(C)cc3C(=O)C1=O)C2=O. The summed E-state index contributed by atoms with van der Waals surface area (Å²) < 4.78 is 0. The monoisotopic (exact) mass is 390 g/mol. The number of carbonyl (C=O) groups excluding carboxylic acids is 4. The fourth-order valence-electron chi connectivity index (χ4n) is 3.71. The molecule has 2 aliphatic rings. The van der Waals surface area contributed by atoms with Gasteiger partial charge in [0.2, 0.25) is 11.6 Å². The maximum absolute atomic E-state index is 13.0. The molecule has 0 heterocycles. The van der Waals surface area contributed by atoms with Crippen molar-refractivity contribution in [1.29, 1.82) is 0 Å². The van der Waals surface area contributed by atoms with Crippen LogP contribution in [0.4, 0.5) is 0 Å². The van der Waals surface area contributed by atoms with Gasteiger partial charge in [0.25, 0.3) is 0 Å². The smallest absolute Gasteiger partial charge is 0.238 e. The van der Waals surface area contributed by atoms with Gasteiger partial charge in [-0.15, -0.1) is 0 Å². The number of allylic oxidation sites excluding steroid dienone is 3. The van der Waals surface area contributed by atoms with Gasteiger partial charge in [-0.3, -0.25) is 19.2 Å². The number of benzene rings is 2. The summed E-state index contributed by atoms with van der Waals surface area (Å²) in [6.07, 6.45) is 0.858. The molecule has 0 fully saturated rings. The summed E-state index contributed by atoms with van der Waals surface area (Å²) in [6, 6.07) is 5.35. The molecule has 2 aromatic carbocycles. The Bertz CT molecular complexity index is 1260. The number of hydrogen-bond donors (Lipinski definition) is 3. The third kappa shape index (κ3) is 2.51. The molecular formula is C22H14O7. The molecule has 0 aliphatic heterocycles. The molecule has 0 saturated carbocycles. The molecule has 0 bridgehead atoms. The molecule has 0 spiro atoms. The summed E-state index contributed by atoms with van der Waals surface area (Å²) in [7, 11) is 0. The molecule has 2 aliphatic carbocycles. The summed E-state index contributed by atoms with van der Waals surface area (Å²) in [4.78, 5) is 50.8. The number of aliphatic hydroxyl groups is 1.